The Morgan fingerprint density at radius 2 is 2.00 bits per heavy atom. The zero-order chi connectivity index (χ0) is 11.6. The molecule has 0 amide bonds. The molecule has 0 spiro atoms. The second-order valence-electron chi connectivity index (χ2n) is 4.37. The molecule has 1 atom stereocenters. The second-order valence-corrected chi connectivity index (χ2v) is 4.37. The minimum absolute atomic E-state index is 0.0311. The highest BCUT2D eigenvalue weighted by Gasteiger charge is 2.30. The molecule has 0 aliphatic rings. The van der Waals surface area contributed by atoms with Gasteiger partial charge in [-0.25, -0.2) is 4.39 Å². The van der Waals surface area contributed by atoms with E-state index >= 15 is 0 Å². The van der Waals surface area contributed by atoms with E-state index in [1.165, 1.54) is 6.92 Å². The van der Waals surface area contributed by atoms with Crippen molar-refractivity contribution in [3.05, 3.63) is 35.4 Å². The largest absolute Gasteiger partial charge is 0.295 e. The van der Waals surface area contributed by atoms with Gasteiger partial charge in [-0.2, -0.15) is 0 Å². The summed E-state index contributed by atoms with van der Waals surface area (Å²) in [6.45, 7) is 6.71. The molecule has 0 fully saturated rings. The Bertz CT molecular complexity index is 367. The molecule has 82 valence electrons. The number of rotatable bonds is 3. The first kappa shape index (κ1) is 11.9. The maximum absolute atomic E-state index is 14.3. The van der Waals surface area contributed by atoms with Crippen LogP contribution < -0.4 is 0 Å². The van der Waals surface area contributed by atoms with E-state index in [1.54, 1.807) is 31.2 Å². The molecule has 0 saturated carbocycles. The first-order valence-electron chi connectivity index (χ1n) is 5.16. The number of ketones is 1. The fourth-order valence-electron chi connectivity index (χ4n) is 1.38. The zero-order valence-electron chi connectivity index (χ0n) is 9.67. The molecular formula is C13H17FO. The fraction of sp³-hybridized carbons (Fsp3) is 0.462. The molecular weight excluding hydrogens is 191 g/mol. The number of carbonyl (C=O) groups is 1. The number of hydrogen-bond donors (Lipinski definition) is 0. The number of Topliss-reactive ketones (excluding diaryl/α,β-unsaturated/α-hetero) is 1. The van der Waals surface area contributed by atoms with E-state index in [-0.39, 0.29) is 11.7 Å². The first-order valence-corrected chi connectivity index (χ1v) is 5.16. The minimum atomic E-state index is -1.38. The number of benzene rings is 1. The van der Waals surface area contributed by atoms with Crippen molar-refractivity contribution in [2.75, 3.05) is 0 Å². The van der Waals surface area contributed by atoms with Crippen molar-refractivity contribution in [1.29, 1.82) is 0 Å². The van der Waals surface area contributed by atoms with Gasteiger partial charge in [-0.1, -0.05) is 32.0 Å². The molecule has 2 heteroatoms. The number of carbonyl (C=O) groups excluding carboxylic acids is 1. The van der Waals surface area contributed by atoms with Crippen LogP contribution >= 0.6 is 0 Å². The summed E-state index contributed by atoms with van der Waals surface area (Å²) in [5.41, 5.74) is -0.243. The normalized spacial score (nSPS) is 15.1. The van der Waals surface area contributed by atoms with Gasteiger partial charge in [-0.05, 0) is 31.4 Å². The van der Waals surface area contributed by atoms with Crippen LogP contribution in [0.4, 0.5) is 4.39 Å². The Morgan fingerprint density at radius 3 is 2.47 bits per heavy atom. The quantitative estimate of drug-likeness (QED) is 0.692. The maximum Gasteiger partial charge on any atom is 0.159 e. The molecule has 15 heavy (non-hydrogen) atoms. The van der Waals surface area contributed by atoms with Crippen LogP contribution in [0.1, 0.15) is 43.6 Å². The standard InChI is InChI=1S/C13H17FO/c1-9(2)13(4,14)12-7-5-6-11(8-12)10(3)15/h5-9H,1-4H3. The number of hydrogen-bond acceptors (Lipinski definition) is 1. The predicted octanol–water partition coefficient (Wildman–Crippen LogP) is 3.73. The average molecular weight is 208 g/mol. The van der Waals surface area contributed by atoms with Crippen molar-refractivity contribution in [2.24, 2.45) is 5.92 Å². The van der Waals surface area contributed by atoms with Crippen molar-refractivity contribution in [1.82, 2.24) is 0 Å². The highest BCUT2D eigenvalue weighted by atomic mass is 19.1. The summed E-state index contributed by atoms with van der Waals surface area (Å²) in [6.07, 6.45) is 0. The lowest BCUT2D eigenvalue weighted by molar-refractivity contribution is 0.101. The molecule has 0 bridgehead atoms. The van der Waals surface area contributed by atoms with E-state index in [4.69, 9.17) is 0 Å². The van der Waals surface area contributed by atoms with E-state index in [0.717, 1.165) is 0 Å². The Kier molecular flexibility index (Phi) is 3.28. The van der Waals surface area contributed by atoms with Gasteiger partial charge in [-0.15, -0.1) is 0 Å². The fourth-order valence-corrected chi connectivity index (χ4v) is 1.38. The Morgan fingerprint density at radius 1 is 1.40 bits per heavy atom. The molecule has 0 aliphatic heterocycles. The summed E-state index contributed by atoms with van der Waals surface area (Å²) < 4.78 is 14.3. The second kappa shape index (κ2) is 4.13. The SMILES string of the molecule is CC(=O)c1cccc(C(C)(F)C(C)C)c1. The monoisotopic (exact) mass is 208 g/mol. The van der Waals surface area contributed by atoms with Gasteiger partial charge in [0.25, 0.3) is 0 Å². The van der Waals surface area contributed by atoms with E-state index in [2.05, 4.69) is 0 Å². The van der Waals surface area contributed by atoms with Gasteiger partial charge < -0.3 is 0 Å². The van der Waals surface area contributed by atoms with E-state index in [1.807, 2.05) is 13.8 Å². The van der Waals surface area contributed by atoms with E-state index < -0.39 is 5.67 Å². The molecule has 0 heterocycles. The zero-order valence-corrected chi connectivity index (χ0v) is 9.67. The summed E-state index contributed by atoms with van der Waals surface area (Å²) in [6, 6.07) is 6.81. The average Bonchev–Trinajstić information content (AvgIpc) is 2.17. The van der Waals surface area contributed by atoms with Gasteiger partial charge in [-0.3, -0.25) is 4.79 Å². The predicted molar refractivity (Wildman–Crippen MR) is 59.7 cm³/mol. The lowest BCUT2D eigenvalue weighted by Gasteiger charge is -2.25. The third-order valence-electron chi connectivity index (χ3n) is 2.92. The third-order valence-corrected chi connectivity index (χ3v) is 2.92. The van der Waals surface area contributed by atoms with Gasteiger partial charge >= 0.3 is 0 Å². The Labute approximate surface area is 90.3 Å². The van der Waals surface area contributed by atoms with Gasteiger partial charge in [0.1, 0.15) is 5.67 Å². The highest BCUT2D eigenvalue weighted by Crippen LogP contribution is 2.33. The Balaban J connectivity index is 3.16. The molecule has 1 aromatic rings. The van der Waals surface area contributed by atoms with Crippen LogP contribution in [-0.2, 0) is 5.67 Å². The van der Waals surface area contributed by atoms with Crippen LogP contribution in [0, 0.1) is 5.92 Å². The molecule has 0 saturated heterocycles. The first-order chi connectivity index (χ1) is 6.85. The third kappa shape index (κ3) is 2.44. The van der Waals surface area contributed by atoms with Crippen LogP contribution in [0.2, 0.25) is 0 Å². The molecule has 0 aliphatic carbocycles. The molecule has 0 radical (unpaired) electrons. The van der Waals surface area contributed by atoms with Crippen LogP contribution in [0.15, 0.2) is 24.3 Å². The van der Waals surface area contributed by atoms with Crippen molar-refractivity contribution in [2.45, 2.75) is 33.4 Å². The van der Waals surface area contributed by atoms with Crippen LogP contribution in [-0.4, -0.2) is 5.78 Å². The van der Waals surface area contributed by atoms with Crippen molar-refractivity contribution < 1.29 is 9.18 Å². The van der Waals surface area contributed by atoms with Crippen molar-refractivity contribution >= 4 is 5.78 Å². The van der Waals surface area contributed by atoms with Gasteiger partial charge in [0.2, 0.25) is 0 Å². The topological polar surface area (TPSA) is 17.1 Å². The van der Waals surface area contributed by atoms with Crippen LogP contribution in [0.25, 0.3) is 0 Å². The van der Waals surface area contributed by atoms with Gasteiger partial charge in [0, 0.05) is 5.56 Å². The minimum Gasteiger partial charge on any atom is -0.295 e. The number of alkyl halides is 1. The molecule has 1 nitrogen and oxygen atoms in total. The summed E-state index contributed by atoms with van der Waals surface area (Å²) in [4.78, 5) is 11.2. The smallest absolute Gasteiger partial charge is 0.159 e. The van der Waals surface area contributed by atoms with E-state index in [9.17, 15) is 9.18 Å². The Hall–Kier alpha value is -1.18. The van der Waals surface area contributed by atoms with Crippen molar-refractivity contribution in [3.63, 3.8) is 0 Å². The van der Waals surface area contributed by atoms with Crippen LogP contribution in [0.5, 0.6) is 0 Å². The summed E-state index contributed by atoms with van der Waals surface area (Å²) in [5.74, 6) is -0.142. The number of halogens is 1. The lowest BCUT2D eigenvalue weighted by Crippen LogP contribution is -2.22. The summed E-state index contributed by atoms with van der Waals surface area (Å²) in [5, 5.41) is 0. The maximum atomic E-state index is 14.3. The van der Waals surface area contributed by atoms with Crippen LogP contribution in [0.3, 0.4) is 0 Å². The highest BCUT2D eigenvalue weighted by molar-refractivity contribution is 5.94. The van der Waals surface area contributed by atoms with Gasteiger partial charge in [0.05, 0.1) is 0 Å². The molecule has 1 unspecified atom stereocenters. The van der Waals surface area contributed by atoms with E-state index in [0.29, 0.717) is 11.1 Å². The summed E-state index contributed by atoms with van der Waals surface area (Å²) in [7, 11) is 0. The molecule has 1 rings (SSSR count). The molecule has 1 aromatic carbocycles. The van der Waals surface area contributed by atoms with Crippen molar-refractivity contribution in [3.8, 4) is 0 Å². The molecule has 0 N–H and O–H groups in total. The lowest BCUT2D eigenvalue weighted by atomic mass is 9.86. The summed E-state index contributed by atoms with van der Waals surface area (Å²) >= 11 is 0. The van der Waals surface area contributed by atoms with Gasteiger partial charge in [0.15, 0.2) is 5.78 Å². The molecule has 0 aromatic heterocycles.